The van der Waals surface area contributed by atoms with Crippen LogP contribution < -0.4 is 5.73 Å². The standard InChI is InChI=1S/C13H19NO3/c1-8(2)3-5-11(14)9-4-6-12(15)10(7-9)13(16)17/h4,6-8,11,15H,3,5,14H2,1-2H3,(H,16,17)/t11-/m0/s1. The van der Waals surface area contributed by atoms with Crippen LogP contribution in [0.15, 0.2) is 18.2 Å². The van der Waals surface area contributed by atoms with Crippen LogP contribution in [0.1, 0.15) is 48.7 Å². The molecule has 4 nitrogen and oxygen atoms in total. The third-order valence-electron chi connectivity index (χ3n) is 2.73. The second-order valence-electron chi connectivity index (χ2n) is 4.66. The Labute approximate surface area is 101 Å². The number of carboxylic acids is 1. The SMILES string of the molecule is CC(C)CC[C@H](N)c1ccc(O)c(C(=O)O)c1. The van der Waals surface area contributed by atoms with Gasteiger partial charge in [-0.15, -0.1) is 0 Å². The number of hydrogen-bond acceptors (Lipinski definition) is 3. The molecule has 0 radical (unpaired) electrons. The van der Waals surface area contributed by atoms with Gasteiger partial charge in [0.1, 0.15) is 11.3 Å². The Morgan fingerprint density at radius 2 is 2.00 bits per heavy atom. The van der Waals surface area contributed by atoms with Crippen molar-refractivity contribution in [1.82, 2.24) is 0 Å². The first-order valence-electron chi connectivity index (χ1n) is 5.73. The Bertz CT molecular complexity index is 402. The molecule has 1 aromatic carbocycles. The predicted molar refractivity (Wildman–Crippen MR) is 66.1 cm³/mol. The zero-order valence-electron chi connectivity index (χ0n) is 10.2. The molecule has 0 aliphatic heterocycles. The van der Waals surface area contributed by atoms with Gasteiger partial charge in [-0.1, -0.05) is 19.9 Å². The molecule has 4 heteroatoms. The lowest BCUT2D eigenvalue weighted by atomic mass is 9.97. The molecular formula is C13H19NO3. The lowest BCUT2D eigenvalue weighted by Crippen LogP contribution is -2.12. The summed E-state index contributed by atoms with van der Waals surface area (Å²) in [4.78, 5) is 10.9. The largest absolute Gasteiger partial charge is 0.507 e. The first-order chi connectivity index (χ1) is 7.91. The minimum atomic E-state index is -1.14. The van der Waals surface area contributed by atoms with Gasteiger partial charge >= 0.3 is 5.97 Å². The van der Waals surface area contributed by atoms with E-state index >= 15 is 0 Å². The van der Waals surface area contributed by atoms with E-state index in [1.807, 2.05) is 0 Å². The van der Waals surface area contributed by atoms with Crippen molar-refractivity contribution in [3.05, 3.63) is 29.3 Å². The van der Waals surface area contributed by atoms with E-state index in [-0.39, 0.29) is 17.4 Å². The van der Waals surface area contributed by atoms with Gasteiger partial charge in [-0.05, 0) is 36.5 Å². The Morgan fingerprint density at radius 3 is 2.53 bits per heavy atom. The van der Waals surface area contributed by atoms with E-state index in [0.717, 1.165) is 18.4 Å². The maximum Gasteiger partial charge on any atom is 0.339 e. The fourth-order valence-electron chi connectivity index (χ4n) is 1.64. The summed E-state index contributed by atoms with van der Waals surface area (Å²) in [5.74, 6) is -0.796. The van der Waals surface area contributed by atoms with Crippen molar-refractivity contribution < 1.29 is 15.0 Å². The van der Waals surface area contributed by atoms with E-state index in [4.69, 9.17) is 10.8 Å². The Kier molecular flexibility index (Phi) is 4.52. The Hall–Kier alpha value is -1.55. The van der Waals surface area contributed by atoms with E-state index in [1.165, 1.54) is 12.1 Å². The van der Waals surface area contributed by atoms with Gasteiger partial charge in [0.25, 0.3) is 0 Å². The average Bonchev–Trinajstić information content (AvgIpc) is 2.26. The molecule has 0 bridgehead atoms. The maximum atomic E-state index is 10.9. The van der Waals surface area contributed by atoms with Gasteiger partial charge in [0.05, 0.1) is 0 Å². The topological polar surface area (TPSA) is 83.5 Å². The van der Waals surface area contributed by atoms with E-state index in [0.29, 0.717) is 5.92 Å². The normalized spacial score (nSPS) is 12.7. The van der Waals surface area contributed by atoms with Crippen LogP contribution in [0.3, 0.4) is 0 Å². The highest BCUT2D eigenvalue weighted by atomic mass is 16.4. The number of nitrogens with two attached hydrogens (primary N) is 1. The number of carboxylic acid groups (broad SMARTS) is 1. The molecule has 0 unspecified atom stereocenters. The van der Waals surface area contributed by atoms with Gasteiger partial charge in [-0.2, -0.15) is 0 Å². The lowest BCUT2D eigenvalue weighted by Gasteiger charge is -2.14. The van der Waals surface area contributed by atoms with E-state index in [1.54, 1.807) is 6.07 Å². The second kappa shape index (κ2) is 5.68. The van der Waals surface area contributed by atoms with Crippen molar-refractivity contribution in [2.24, 2.45) is 11.7 Å². The number of carbonyl (C=O) groups is 1. The molecule has 0 aliphatic carbocycles. The zero-order valence-corrected chi connectivity index (χ0v) is 10.2. The molecule has 1 rings (SSSR count). The van der Waals surface area contributed by atoms with Crippen LogP contribution in [0.4, 0.5) is 0 Å². The van der Waals surface area contributed by atoms with Crippen molar-refractivity contribution in [2.75, 3.05) is 0 Å². The average molecular weight is 237 g/mol. The fraction of sp³-hybridized carbons (Fsp3) is 0.462. The number of hydrogen-bond donors (Lipinski definition) is 3. The molecule has 0 saturated carbocycles. The number of aromatic hydroxyl groups is 1. The summed E-state index contributed by atoms with van der Waals surface area (Å²) in [6, 6.07) is 4.32. The molecule has 0 heterocycles. The van der Waals surface area contributed by atoms with Gasteiger partial charge < -0.3 is 15.9 Å². The van der Waals surface area contributed by atoms with Gasteiger partial charge in [-0.3, -0.25) is 0 Å². The highest BCUT2D eigenvalue weighted by molar-refractivity contribution is 5.90. The summed E-state index contributed by atoms with van der Waals surface area (Å²) in [5, 5.41) is 18.3. The van der Waals surface area contributed by atoms with Crippen LogP contribution in [-0.4, -0.2) is 16.2 Å². The molecule has 4 N–H and O–H groups in total. The summed E-state index contributed by atoms with van der Waals surface area (Å²) >= 11 is 0. The molecule has 94 valence electrons. The predicted octanol–water partition coefficient (Wildman–Crippen LogP) is 2.53. The minimum Gasteiger partial charge on any atom is -0.507 e. The molecule has 1 aromatic rings. The Morgan fingerprint density at radius 1 is 1.35 bits per heavy atom. The van der Waals surface area contributed by atoms with Gasteiger partial charge in [0.2, 0.25) is 0 Å². The van der Waals surface area contributed by atoms with Gasteiger partial charge in [0.15, 0.2) is 0 Å². The summed E-state index contributed by atoms with van der Waals surface area (Å²) in [7, 11) is 0. The van der Waals surface area contributed by atoms with E-state index in [9.17, 15) is 9.90 Å². The summed E-state index contributed by atoms with van der Waals surface area (Å²) in [6.45, 7) is 4.23. The molecule has 1 atom stereocenters. The highest BCUT2D eigenvalue weighted by Crippen LogP contribution is 2.24. The molecule has 0 amide bonds. The molecular weight excluding hydrogens is 218 g/mol. The highest BCUT2D eigenvalue weighted by Gasteiger charge is 2.13. The zero-order chi connectivity index (χ0) is 13.0. The van der Waals surface area contributed by atoms with Crippen LogP contribution in [0.25, 0.3) is 0 Å². The monoisotopic (exact) mass is 237 g/mol. The second-order valence-corrected chi connectivity index (χ2v) is 4.66. The van der Waals surface area contributed by atoms with Gasteiger partial charge in [-0.25, -0.2) is 4.79 Å². The van der Waals surface area contributed by atoms with E-state index < -0.39 is 5.97 Å². The number of benzene rings is 1. The fourth-order valence-corrected chi connectivity index (χ4v) is 1.64. The Balaban J connectivity index is 2.84. The number of phenols is 1. The summed E-state index contributed by atoms with van der Waals surface area (Å²) < 4.78 is 0. The molecule has 0 spiro atoms. The third kappa shape index (κ3) is 3.75. The number of aromatic carboxylic acids is 1. The van der Waals surface area contributed by atoms with Gasteiger partial charge in [0, 0.05) is 6.04 Å². The molecule has 0 fully saturated rings. The van der Waals surface area contributed by atoms with Crippen molar-refractivity contribution >= 4 is 5.97 Å². The smallest absolute Gasteiger partial charge is 0.339 e. The minimum absolute atomic E-state index is 0.0949. The van der Waals surface area contributed by atoms with Crippen molar-refractivity contribution in [3.8, 4) is 5.75 Å². The van der Waals surface area contributed by atoms with Crippen molar-refractivity contribution in [3.63, 3.8) is 0 Å². The van der Waals surface area contributed by atoms with Crippen molar-refractivity contribution in [2.45, 2.75) is 32.7 Å². The molecule has 0 saturated heterocycles. The van der Waals surface area contributed by atoms with Crippen molar-refractivity contribution in [1.29, 1.82) is 0 Å². The quantitative estimate of drug-likeness (QED) is 0.734. The van der Waals surface area contributed by atoms with Crippen LogP contribution in [-0.2, 0) is 0 Å². The first kappa shape index (κ1) is 13.5. The number of rotatable bonds is 5. The molecule has 0 aliphatic rings. The van der Waals surface area contributed by atoms with Crippen LogP contribution in [0.5, 0.6) is 5.75 Å². The molecule has 17 heavy (non-hydrogen) atoms. The summed E-state index contributed by atoms with van der Waals surface area (Å²) in [5.41, 5.74) is 6.64. The van der Waals surface area contributed by atoms with Crippen LogP contribution in [0, 0.1) is 5.92 Å². The molecule has 0 aromatic heterocycles. The third-order valence-corrected chi connectivity index (χ3v) is 2.73. The lowest BCUT2D eigenvalue weighted by molar-refractivity contribution is 0.0693. The van der Waals surface area contributed by atoms with E-state index in [2.05, 4.69) is 13.8 Å². The maximum absolute atomic E-state index is 10.9. The summed E-state index contributed by atoms with van der Waals surface area (Å²) in [6.07, 6.45) is 1.80. The first-order valence-corrected chi connectivity index (χ1v) is 5.73. The van der Waals surface area contributed by atoms with Crippen LogP contribution >= 0.6 is 0 Å². The van der Waals surface area contributed by atoms with Crippen LogP contribution in [0.2, 0.25) is 0 Å².